The summed E-state index contributed by atoms with van der Waals surface area (Å²) >= 11 is 0. The van der Waals surface area contributed by atoms with E-state index in [0.717, 1.165) is 0 Å². The van der Waals surface area contributed by atoms with Gasteiger partial charge in [-0.3, -0.25) is 4.79 Å². The van der Waals surface area contributed by atoms with E-state index >= 15 is 0 Å². The number of pyridine rings is 1. The van der Waals surface area contributed by atoms with Crippen LogP contribution in [-0.2, 0) is 0 Å². The summed E-state index contributed by atoms with van der Waals surface area (Å²) in [4.78, 5) is 17.9. The lowest BCUT2D eigenvalue weighted by molar-refractivity contribution is 0.0719. The van der Waals surface area contributed by atoms with Crippen molar-refractivity contribution in [3.05, 3.63) is 24.0 Å². The van der Waals surface area contributed by atoms with Gasteiger partial charge in [-0.25, -0.2) is 4.98 Å². The molecule has 0 unspecified atom stereocenters. The number of aromatic nitrogens is 1. The zero-order valence-electron chi connectivity index (χ0n) is 11.1. The van der Waals surface area contributed by atoms with Gasteiger partial charge in [0, 0.05) is 19.3 Å². The van der Waals surface area contributed by atoms with Crippen molar-refractivity contribution in [3.8, 4) is 5.75 Å². The van der Waals surface area contributed by atoms with Crippen LogP contribution in [0.4, 0.5) is 0 Å². The third-order valence-corrected chi connectivity index (χ3v) is 2.37. The van der Waals surface area contributed by atoms with Gasteiger partial charge < -0.3 is 14.7 Å². The molecule has 5 nitrogen and oxygen atoms in total. The van der Waals surface area contributed by atoms with E-state index in [0.29, 0.717) is 24.5 Å². The molecule has 0 atom stereocenters. The number of aliphatic hydroxyl groups excluding tert-OH is 1. The first-order valence-electron chi connectivity index (χ1n) is 6.12. The van der Waals surface area contributed by atoms with Crippen LogP contribution in [0.5, 0.6) is 5.75 Å². The Balaban J connectivity index is 2.96. The predicted molar refractivity (Wildman–Crippen MR) is 68.7 cm³/mol. The monoisotopic (exact) mass is 252 g/mol. The molecule has 0 fully saturated rings. The molecule has 0 bridgehead atoms. The molecule has 100 valence electrons. The second kappa shape index (κ2) is 6.96. The molecule has 1 N–H and O–H groups in total. The molecule has 1 heterocycles. The SMILES string of the molecule is CCN(CCO)C(=O)c1ncccc1OC(C)C. The maximum Gasteiger partial charge on any atom is 0.276 e. The fourth-order valence-electron chi connectivity index (χ4n) is 1.57. The van der Waals surface area contributed by atoms with Crippen LogP contribution >= 0.6 is 0 Å². The third-order valence-electron chi connectivity index (χ3n) is 2.37. The summed E-state index contributed by atoms with van der Waals surface area (Å²) in [6.45, 7) is 6.41. The molecule has 18 heavy (non-hydrogen) atoms. The lowest BCUT2D eigenvalue weighted by Gasteiger charge is -2.21. The summed E-state index contributed by atoms with van der Waals surface area (Å²) in [5.41, 5.74) is 0.293. The van der Waals surface area contributed by atoms with Gasteiger partial charge in [0.05, 0.1) is 12.7 Å². The Hall–Kier alpha value is -1.62. The van der Waals surface area contributed by atoms with Gasteiger partial charge in [-0.05, 0) is 32.9 Å². The average molecular weight is 252 g/mol. The number of likely N-dealkylation sites (N-methyl/N-ethyl adjacent to an activating group) is 1. The Morgan fingerprint density at radius 2 is 2.28 bits per heavy atom. The van der Waals surface area contributed by atoms with Crippen LogP contribution in [0.25, 0.3) is 0 Å². The first kappa shape index (κ1) is 14.4. The lowest BCUT2D eigenvalue weighted by atomic mass is 10.2. The smallest absolute Gasteiger partial charge is 0.276 e. The molecule has 0 aliphatic rings. The van der Waals surface area contributed by atoms with Crippen LogP contribution in [-0.4, -0.2) is 46.7 Å². The third kappa shape index (κ3) is 3.70. The van der Waals surface area contributed by atoms with E-state index in [-0.39, 0.29) is 18.6 Å². The van der Waals surface area contributed by atoms with E-state index in [1.165, 1.54) is 4.90 Å². The van der Waals surface area contributed by atoms with Gasteiger partial charge in [0.25, 0.3) is 5.91 Å². The Bertz CT molecular complexity index is 394. The summed E-state index contributed by atoms with van der Waals surface area (Å²) in [6.07, 6.45) is 1.54. The summed E-state index contributed by atoms with van der Waals surface area (Å²) in [5.74, 6) is 0.261. The van der Waals surface area contributed by atoms with Gasteiger partial charge in [0.2, 0.25) is 0 Å². The van der Waals surface area contributed by atoms with Crippen LogP contribution < -0.4 is 4.74 Å². The molecule has 0 radical (unpaired) electrons. The second-order valence-electron chi connectivity index (χ2n) is 4.13. The topological polar surface area (TPSA) is 62.7 Å². The standard InChI is InChI=1S/C13H20N2O3/c1-4-15(8-9-16)13(17)12-11(18-10(2)3)6-5-7-14-12/h5-7,10,16H,4,8-9H2,1-3H3. The molecule has 0 spiro atoms. The predicted octanol–water partition coefficient (Wildman–Crippen LogP) is 1.32. The van der Waals surface area contributed by atoms with Crippen LogP contribution in [0.2, 0.25) is 0 Å². The van der Waals surface area contributed by atoms with Crippen LogP contribution in [0, 0.1) is 0 Å². The fourth-order valence-corrected chi connectivity index (χ4v) is 1.57. The number of amides is 1. The number of hydrogen-bond acceptors (Lipinski definition) is 4. The Labute approximate surface area is 107 Å². The number of nitrogens with zero attached hydrogens (tertiary/aromatic N) is 2. The normalized spacial score (nSPS) is 10.5. The summed E-state index contributed by atoms with van der Waals surface area (Å²) in [5, 5.41) is 8.93. The van der Waals surface area contributed by atoms with Crippen molar-refractivity contribution in [1.29, 1.82) is 0 Å². The number of carbonyl (C=O) groups excluding carboxylic acids is 1. The van der Waals surface area contributed by atoms with E-state index in [2.05, 4.69) is 4.98 Å². The van der Waals surface area contributed by atoms with Crippen LogP contribution in [0.3, 0.4) is 0 Å². The average Bonchev–Trinajstić information content (AvgIpc) is 2.35. The number of aliphatic hydroxyl groups is 1. The molecule has 0 aromatic carbocycles. The van der Waals surface area contributed by atoms with E-state index in [1.54, 1.807) is 18.3 Å². The minimum atomic E-state index is -0.220. The summed E-state index contributed by atoms with van der Waals surface area (Å²) in [6, 6.07) is 3.46. The van der Waals surface area contributed by atoms with Gasteiger partial charge in [-0.2, -0.15) is 0 Å². The largest absolute Gasteiger partial charge is 0.489 e. The maximum absolute atomic E-state index is 12.2. The molecule has 0 aliphatic carbocycles. The van der Waals surface area contributed by atoms with Crippen molar-refractivity contribution < 1.29 is 14.6 Å². The molecule has 1 rings (SSSR count). The number of hydrogen-bond donors (Lipinski definition) is 1. The van der Waals surface area contributed by atoms with Gasteiger partial charge in [-0.1, -0.05) is 0 Å². The summed E-state index contributed by atoms with van der Waals surface area (Å²) < 4.78 is 5.57. The molecular weight excluding hydrogens is 232 g/mol. The number of rotatable bonds is 6. The highest BCUT2D eigenvalue weighted by Crippen LogP contribution is 2.18. The molecule has 0 saturated carbocycles. The molecule has 0 saturated heterocycles. The van der Waals surface area contributed by atoms with Gasteiger partial charge >= 0.3 is 0 Å². The van der Waals surface area contributed by atoms with E-state index < -0.39 is 0 Å². The Kier molecular flexibility index (Phi) is 5.58. The Morgan fingerprint density at radius 1 is 1.56 bits per heavy atom. The van der Waals surface area contributed by atoms with E-state index in [9.17, 15) is 4.79 Å². The summed E-state index contributed by atoms with van der Waals surface area (Å²) in [7, 11) is 0. The zero-order chi connectivity index (χ0) is 13.5. The maximum atomic E-state index is 12.2. The van der Waals surface area contributed by atoms with Crippen molar-refractivity contribution in [2.75, 3.05) is 19.7 Å². The fraction of sp³-hybridized carbons (Fsp3) is 0.538. The van der Waals surface area contributed by atoms with Gasteiger partial charge in [0.15, 0.2) is 11.4 Å². The minimum Gasteiger partial charge on any atom is -0.489 e. The van der Waals surface area contributed by atoms with Crippen LogP contribution in [0.15, 0.2) is 18.3 Å². The molecule has 1 amide bonds. The van der Waals surface area contributed by atoms with Crippen molar-refractivity contribution >= 4 is 5.91 Å². The van der Waals surface area contributed by atoms with Crippen molar-refractivity contribution in [2.45, 2.75) is 26.9 Å². The highest BCUT2D eigenvalue weighted by Gasteiger charge is 2.19. The minimum absolute atomic E-state index is 0.0198. The van der Waals surface area contributed by atoms with Crippen LogP contribution in [0.1, 0.15) is 31.3 Å². The second-order valence-corrected chi connectivity index (χ2v) is 4.13. The highest BCUT2D eigenvalue weighted by atomic mass is 16.5. The molecule has 1 aromatic heterocycles. The van der Waals surface area contributed by atoms with Crippen molar-refractivity contribution in [2.24, 2.45) is 0 Å². The van der Waals surface area contributed by atoms with Gasteiger partial charge in [-0.15, -0.1) is 0 Å². The quantitative estimate of drug-likeness (QED) is 0.829. The molecular formula is C13H20N2O3. The molecule has 0 aliphatic heterocycles. The number of carbonyl (C=O) groups is 1. The van der Waals surface area contributed by atoms with Gasteiger partial charge in [0.1, 0.15) is 0 Å². The highest BCUT2D eigenvalue weighted by molar-refractivity contribution is 5.94. The first-order valence-corrected chi connectivity index (χ1v) is 6.12. The van der Waals surface area contributed by atoms with E-state index in [4.69, 9.17) is 9.84 Å². The molecule has 5 heteroatoms. The lowest BCUT2D eigenvalue weighted by Crippen LogP contribution is -2.34. The number of ether oxygens (including phenoxy) is 1. The van der Waals surface area contributed by atoms with E-state index in [1.807, 2.05) is 20.8 Å². The zero-order valence-corrected chi connectivity index (χ0v) is 11.1. The Morgan fingerprint density at radius 3 is 2.83 bits per heavy atom. The van der Waals surface area contributed by atoms with Crippen molar-refractivity contribution in [1.82, 2.24) is 9.88 Å². The molecule has 1 aromatic rings. The van der Waals surface area contributed by atoms with Crippen molar-refractivity contribution in [3.63, 3.8) is 0 Å². The first-order chi connectivity index (χ1) is 8.60.